The standard InChI is InChI=1S/C13H22N2O/c1-2-15-13(9-14,11-7-8-11)10-16-12-5-3-4-6-12/h11-12,15H,2-8,10H2,1H3. The highest BCUT2D eigenvalue weighted by atomic mass is 16.5. The molecule has 0 aromatic carbocycles. The first kappa shape index (κ1) is 11.9. The van der Waals surface area contributed by atoms with Gasteiger partial charge >= 0.3 is 0 Å². The molecule has 0 radical (unpaired) electrons. The van der Waals surface area contributed by atoms with Gasteiger partial charge in [0.25, 0.3) is 0 Å². The average molecular weight is 222 g/mol. The smallest absolute Gasteiger partial charge is 0.133 e. The van der Waals surface area contributed by atoms with E-state index in [4.69, 9.17) is 4.74 Å². The second kappa shape index (κ2) is 5.16. The molecule has 3 nitrogen and oxygen atoms in total. The third-order valence-electron chi connectivity index (χ3n) is 3.81. The molecule has 2 fully saturated rings. The molecule has 0 amide bonds. The van der Waals surface area contributed by atoms with Crippen molar-refractivity contribution in [3.8, 4) is 6.07 Å². The summed E-state index contributed by atoms with van der Waals surface area (Å²) >= 11 is 0. The van der Waals surface area contributed by atoms with E-state index >= 15 is 0 Å². The highest BCUT2D eigenvalue weighted by Crippen LogP contribution is 2.40. The molecular formula is C13H22N2O. The predicted octanol–water partition coefficient (Wildman–Crippen LogP) is 2.23. The quantitative estimate of drug-likeness (QED) is 0.749. The lowest BCUT2D eigenvalue weighted by molar-refractivity contribution is 0.0222. The zero-order valence-electron chi connectivity index (χ0n) is 10.2. The number of rotatable bonds is 6. The molecule has 0 spiro atoms. The lowest BCUT2D eigenvalue weighted by Crippen LogP contribution is -2.50. The van der Waals surface area contributed by atoms with E-state index < -0.39 is 5.54 Å². The zero-order chi connectivity index (χ0) is 11.4. The number of hydrogen-bond donors (Lipinski definition) is 1. The lowest BCUT2D eigenvalue weighted by Gasteiger charge is -2.28. The van der Waals surface area contributed by atoms with E-state index in [1.807, 2.05) is 0 Å². The van der Waals surface area contributed by atoms with Gasteiger partial charge in [-0.1, -0.05) is 19.8 Å². The van der Waals surface area contributed by atoms with Crippen molar-refractivity contribution in [3.05, 3.63) is 0 Å². The second-order valence-corrected chi connectivity index (χ2v) is 5.11. The molecule has 2 saturated carbocycles. The molecule has 2 rings (SSSR count). The predicted molar refractivity (Wildman–Crippen MR) is 63.0 cm³/mol. The number of nitriles is 1. The average Bonchev–Trinajstić information content (AvgIpc) is 3.03. The van der Waals surface area contributed by atoms with Gasteiger partial charge in [0, 0.05) is 0 Å². The van der Waals surface area contributed by atoms with Crippen LogP contribution >= 0.6 is 0 Å². The molecule has 90 valence electrons. The van der Waals surface area contributed by atoms with Gasteiger partial charge in [0.05, 0.1) is 18.8 Å². The van der Waals surface area contributed by atoms with E-state index in [1.54, 1.807) is 0 Å². The molecule has 3 heteroatoms. The van der Waals surface area contributed by atoms with E-state index in [-0.39, 0.29) is 0 Å². The number of ether oxygens (including phenoxy) is 1. The monoisotopic (exact) mass is 222 g/mol. The topological polar surface area (TPSA) is 45.0 Å². The van der Waals surface area contributed by atoms with Gasteiger partial charge in [-0.3, -0.25) is 5.32 Å². The van der Waals surface area contributed by atoms with E-state index in [0.717, 1.165) is 6.54 Å². The highest BCUT2D eigenvalue weighted by molar-refractivity contribution is 5.15. The van der Waals surface area contributed by atoms with Gasteiger partial charge in [-0.05, 0) is 38.1 Å². The fraction of sp³-hybridized carbons (Fsp3) is 0.923. The molecular weight excluding hydrogens is 200 g/mol. The molecule has 1 N–H and O–H groups in total. The van der Waals surface area contributed by atoms with Crippen molar-refractivity contribution >= 4 is 0 Å². The van der Waals surface area contributed by atoms with E-state index in [2.05, 4.69) is 18.3 Å². The van der Waals surface area contributed by atoms with Crippen LogP contribution in [-0.2, 0) is 4.74 Å². The molecule has 0 saturated heterocycles. The fourth-order valence-corrected chi connectivity index (χ4v) is 2.67. The van der Waals surface area contributed by atoms with Crippen molar-refractivity contribution in [2.24, 2.45) is 5.92 Å². The minimum Gasteiger partial charge on any atom is -0.375 e. The van der Waals surface area contributed by atoms with Gasteiger partial charge in [0.1, 0.15) is 5.54 Å². The van der Waals surface area contributed by atoms with E-state index in [9.17, 15) is 5.26 Å². The minimum atomic E-state index is -0.405. The first-order chi connectivity index (χ1) is 7.80. The summed E-state index contributed by atoms with van der Waals surface area (Å²) in [5.74, 6) is 0.513. The van der Waals surface area contributed by atoms with Crippen LogP contribution in [0.25, 0.3) is 0 Å². The van der Waals surface area contributed by atoms with Crippen molar-refractivity contribution in [2.75, 3.05) is 13.2 Å². The molecule has 2 aliphatic carbocycles. The molecule has 0 aromatic heterocycles. The van der Waals surface area contributed by atoms with Gasteiger partial charge in [-0.25, -0.2) is 0 Å². The summed E-state index contributed by atoms with van der Waals surface area (Å²) in [6, 6.07) is 2.47. The summed E-state index contributed by atoms with van der Waals surface area (Å²) in [4.78, 5) is 0. The summed E-state index contributed by atoms with van der Waals surface area (Å²) in [5, 5.41) is 12.7. The van der Waals surface area contributed by atoms with Crippen molar-refractivity contribution in [2.45, 2.75) is 57.1 Å². The van der Waals surface area contributed by atoms with Crippen molar-refractivity contribution in [3.63, 3.8) is 0 Å². The first-order valence-corrected chi connectivity index (χ1v) is 6.58. The van der Waals surface area contributed by atoms with Crippen LogP contribution in [0, 0.1) is 17.2 Å². The van der Waals surface area contributed by atoms with Gasteiger partial charge in [-0.2, -0.15) is 5.26 Å². The Labute approximate surface area is 98.2 Å². The first-order valence-electron chi connectivity index (χ1n) is 6.58. The normalized spacial score (nSPS) is 25.2. The van der Waals surface area contributed by atoms with Crippen LogP contribution in [0.2, 0.25) is 0 Å². The van der Waals surface area contributed by atoms with Crippen LogP contribution in [0.15, 0.2) is 0 Å². The summed E-state index contributed by atoms with van der Waals surface area (Å²) in [5.41, 5.74) is -0.405. The van der Waals surface area contributed by atoms with E-state index in [0.29, 0.717) is 18.6 Å². The number of hydrogen-bond acceptors (Lipinski definition) is 3. The summed E-state index contributed by atoms with van der Waals surface area (Å²) in [6.45, 7) is 3.48. The molecule has 0 aliphatic heterocycles. The summed E-state index contributed by atoms with van der Waals surface area (Å²) in [7, 11) is 0. The Morgan fingerprint density at radius 1 is 1.31 bits per heavy atom. The Hall–Kier alpha value is -0.590. The lowest BCUT2D eigenvalue weighted by atomic mass is 9.96. The van der Waals surface area contributed by atoms with Gasteiger partial charge < -0.3 is 4.74 Å². The second-order valence-electron chi connectivity index (χ2n) is 5.11. The molecule has 1 atom stereocenters. The molecule has 1 unspecified atom stereocenters. The van der Waals surface area contributed by atoms with Crippen molar-refractivity contribution < 1.29 is 4.74 Å². The Balaban J connectivity index is 1.88. The number of nitrogens with one attached hydrogen (secondary N) is 1. The van der Waals surface area contributed by atoms with E-state index in [1.165, 1.54) is 38.5 Å². The van der Waals surface area contributed by atoms with Gasteiger partial charge in [0.2, 0.25) is 0 Å². The summed E-state index contributed by atoms with van der Waals surface area (Å²) in [6.07, 6.45) is 7.69. The van der Waals surface area contributed by atoms with Crippen LogP contribution in [0.3, 0.4) is 0 Å². The fourth-order valence-electron chi connectivity index (χ4n) is 2.67. The Kier molecular flexibility index (Phi) is 3.83. The maximum absolute atomic E-state index is 9.40. The van der Waals surface area contributed by atoms with Crippen LogP contribution < -0.4 is 5.32 Å². The molecule has 0 heterocycles. The van der Waals surface area contributed by atoms with Crippen LogP contribution in [-0.4, -0.2) is 24.8 Å². The van der Waals surface area contributed by atoms with Crippen molar-refractivity contribution in [1.82, 2.24) is 5.32 Å². The Bertz CT molecular complexity index is 264. The Morgan fingerprint density at radius 2 is 2.00 bits per heavy atom. The van der Waals surface area contributed by atoms with Crippen LogP contribution in [0.5, 0.6) is 0 Å². The van der Waals surface area contributed by atoms with Crippen LogP contribution in [0.4, 0.5) is 0 Å². The highest BCUT2D eigenvalue weighted by Gasteiger charge is 2.45. The largest absolute Gasteiger partial charge is 0.375 e. The molecule has 16 heavy (non-hydrogen) atoms. The maximum Gasteiger partial charge on any atom is 0.133 e. The maximum atomic E-state index is 9.40. The summed E-state index contributed by atoms with van der Waals surface area (Å²) < 4.78 is 5.93. The third kappa shape index (κ3) is 2.56. The zero-order valence-corrected chi connectivity index (χ0v) is 10.2. The number of likely N-dealkylation sites (N-methyl/N-ethyl adjacent to an activating group) is 1. The molecule has 0 aromatic rings. The van der Waals surface area contributed by atoms with Gasteiger partial charge in [0.15, 0.2) is 0 Å². The van der Waals surface area contributed by atoms with Crippen LogP contribution in [0.1, 0.15) is 45.4 Å². The minimum absolute atomic E-state index is 0.405. The van der Waals surface area contributed by atoms with Crippen molar-refractivity contribution in [1.29, 1.82) is 5.26 Å². The molecule has 0 bridgehead atoms. The van der Waals surface area contributed by atoms with Gasteiger partial charge in [-0.15, -0.1) is 0 Å². The SMILES string of the molecule is CCNC(C#N)(COC1CCCC1)C1CC1. The third-order valence-corrected chi connectivity index (χ3v) is 3.81. The number of nitrogens with zero attached hydrogens (tertiary/aromatic N) is 1. The molecule has 2 aliphatic rings. The Morgan fingerprint density at radius 3 is 2.50 bits per heavy atom.